The van der Waals surface area contributed by atoms with Gasteiger partial charge in [-0.05, 0) is 37.1 Å². The summed E-state index contributed by atoms with van der Waals surface area (Å²) in [4.78, 5) is 11.5. The smallest absolute Gasteiger partial charge is 0.245 e. The first-order valence-electron chi connectivity index (χ1n) is 8.84. The van der Waals surface area contributed by atoms with E-state index in [4.69, 9.17) is 4.98 Å². The molecule has 4 heterocycles. The molecule has 0 saturated carbocycles. The molecule has 0 bridgehead atoms. The van der Waals surface area contributed by atoms with Gasteiger partial charge in [0.05, 0.1) is 6.20 Å². The summed E-state index contributed by atoms with van der Waals surface area (Å²) in [6.07, 6.45) is 8.10. The average Bonchev–Trinajstić information content (AvgIpc) is 3.43. The third-order valence-electron chi connectivity index (χ3n) is 4.65. The van der Waals surface area contributed by atoms with Crippen LogP contribution in [0.3, 0.4) is 0 Å². The number of nitrogens with zero attached hydrogens (tertiary/aromatic N) is 6. The zero-order chi connectivity index (χ0) is 17.3. The van der Waals surface area contributed by atoms with Gasteiger partial charge < -0.3 is 14.8 Å². The van der Waals surface area contributed by atoms with Crippen molar-refractivity contribution < 1.29 is 0 Å². The first-order chi connectivity index (χ1) is 12.9. The Morgan fingerprint density at radius 3 is 2.65 bits per heavy atom. The minimum Gasteiger partial charge on any atom is -0.340 e. The van der Waals surface area contributed by atoms with Gasteiger partial charge in [-0.2, -0.15) is 4.98 Å². The highest BCUT2D eigenvalue weighted by Crippen LogP contribution is 2.24. The zero-order valence-electron chi connectivity index (χ0n) is 14.3. The second-order valence-corrected chi connectivity index (χ2v) is 6.42. The molecule has 1 aromatic carbocycles. The van der Waals surface area contributed by atoms with E-state index >= 15 is 0 Å². The monoisotopic (exact) mass is 345 g/mol. The summed E-state index contributed by atoms with van der Waals surface area (Å²) < 4.78 is 3.86. The Hall–Kier alpha value is -3.35. The molecule has 0 unspecified atom stereocenters. The number of imidazole rings is 1. The second-order valence-electron chi connectivity index (χ2n) is 6.42. The van der Waals surface area contributed by atoms with Crippen LogP contribution in [0.4, 0.5) is 17.6 Å². The molecule has 7 nitrogen and oxygen atoms in total. The molecule has 0 radical (unpaired) electrons. The number of aromatic nitrogens is 5. The van der Waals surface area contributed by atoms with E-state index in [0.29, 0.717) is 0 Å². The van der Waals surface area contributed by atoms with E-state index in [1.54, 1.807) is 6.33 Å². The highest BCUT2D eigenvalue weighted by molar-refractivity contribution is 5.73. The molecule has 0 amide bonds. The Kier molecular flexibility index (Phi) is 3.55. The van der Waals surface area contributed by atoms with Gasteiger partial charge in [0.2, 0.25) is 5.95 Å². The Labute approximate surface area is 150 Å². The maximum atomic E-state index is 4.77. The van der Waals surface area contributed by atoms with E-state index in [9.17, 15) is 0 Å². The maximum Gasteiger partial charge on any atom is 0.245 e. The number of rotatable bonds is 4. The summed E-state index contributed by atoms with van der Waals surface area (Å²) in [6, 6.07) is 14.1. The number of hydrogen-bond acceptors (Lipinski definition) is 5. The first-order valence-corrected chi connectivity index (χ1v) is 8.84. The van der Waals surface area contributed by atoms with Crippen LogP contribution in [0, 0.1) is 0 Å². The molecule has 1 aliphatic heterocycles. The summed E-state index contributed by atoms with van der Waals surface area (Å²) in [5, 5.41) is 7.99. The highest BCUT2D eigenvalue weighted by atomic mass is 15.4. The molecule has 5 rings (SSSR count). The zero-order valence-corrected chi connectivity index (χ0v) is 14.3. The lowest BCUT2D eigenvalue weighted by Crippen LogP contribution is -2.22. The van der Waals surface area contributed by atoms with Crippen LogP contribution in [0.2, 0.25) is 0 Å². The summed E-state index contributed by atoms with van der Waals surface area (Å²) in [5.41, 5.74) is 2.00. The van der Waals surface area contributed by atoms with Gasteiger partial charge in [-0.25, -0.2) is 9.50 Å². The molecule has 1 saturated heterocycles. The number of para-hydroxylation sites is 1. The van der Waals surface area contributed by atoms with Gasteiger partial charge in [0.25, 0.3) is 0 Å². The minimum absolute atomic E-state index is 0.753. The third-order valence-corrected chi connectivity index (χ3v) is 4.65. The van der Waals surface area contributed by atoms with Crippen molar-refractivity contribution in [2.24, 2.45) is 0 Å². The molecule has 1 aliphatic rings. The van der Waals surface area contributed by atoms with Gasteiger partial charge in [-0.15, -0.1) is 5.10 Å². The predicted octanol–water partition coefficient (Wildman–Crippen LogP) is 3.26. The molecule has 26 heavy (non-hydrogen) atoms. The van der Waals surface area contributed by atoms with Crippen LogP contribution in [0.15, 0.2) is 61.2 Å². The van der Waals surface area contributed by atoms with Crippen molar-refractivity contribution in [1.29, 1.82) is 0 Å². The van der Waals surface area contributed by atoms with Crippen LogP contribution >= 0.6 is 0 Å². The fraction of sp³-hybridized carbons (Fsp3) is 0.211. The van der Waals surface area contributed by atoms with Crippen molar-refractivity contribution >= 4 is 23.1 Å². The Balaban J connectivity index is 1.49. The SMILES string of the molecule is c1ccc(-n2cnc(Nc3nc(N4CCCC4)nn4cccc34)c2)cc1. The molecule has 0 atom stereocenters. The number of hydrogen-bond donors (Lipinski definition) is 1. The number of nitrogens with one attached hydrogen (secondary N) is 1. The Morgan fingerprint density at radius 2 is 1.81 bits per heavy atom. The number of anilines is 3. The van der Waals surface area contributed by atoms with Crippen LogP contribution in [0.5, 0.6) is 0 Å². The van der Waals surface area contributed by atoms with E-state index < -0.39 is 0 Å². The lowest BCUT2D eigenvalue weighted by Gasteiger charge is -2.16. The van der Waals surface area contributed by atoms with Gasteiger partial charge >= 0.3 is 0 Å². The number of benzene rings is 1. The summed E-state index contributed by atoms with van der Waals surface area (Å²) in [7, 11) is 0. The normalized spacial score (nSPS) is 14.2. The summed E-state index contributed by atoms with van der Waals surface area (Å²) in [5.74, 6) is 2.28. The predicted molar refractivity (Wildman–Crippen MR) is 101 cm³/mol. The van der Waals surface area contributed by atoms with Crippen molar-refractivity contribution in [2.45, 2.75) is 12.8 Å². The first kappa shape index (κ1) is 14.9. The van der Waals surface area contributed by atoms with E-state index in [1.807, 2.05) is 63.9 Å². The lowest BCUT2D eigenvalue weighted by molar-refractivity contribution is 0.827. The molecule has 4 aromatic rings. The van der Waals surface area contributed by atoms with Crippen LogP contribution in [0.1, 0.15) is 12.8 Å². The number of fused-ring (bicyclic) bond motifs is 1. The van der Waals surface area contributed by atoms with Crippen molar-refractivity contribution in [1.82, 2.24) is 24.1 Å². The molecule has 3 aromatic heterocycles. The van der Waals surface area contributed by atoms with Crippen molar-refractivity contribution in [3.8, 4) is 5.69 Å². The van der Waals surface area contributed by atoms with Gasteiger partial charge in [-0.3, -0.25) is 0 Å². The van der Waals surface area contributed by atoms with E-state index in [1.165, 1.54) is 12.8 Å². The van der Waals surface area contributed by atoms with Crippen molar-refractivity contribution in [3.63, 3.8) is 0 Å². The summed E-state index contributed by atoms with van der Waals surface area (Å²) >= 11 is 0. The van der Waals surface area contributed by atoms with Crippen LogP contribution in [0.25, 0.3) is 11.2 Å². The molecule has 7 heteroatoms. The second kappa shape index (κ2) is 6.18. The lowest BCUT2D eigenvalue weighted by atomic mass is 10.3. The molecular formula is C19H19N7. The fourth-order valence-corrected chi connectivity index (χ4v) is 3.32. The fourth-order valence-electron chi connectivity index (χ4n) is 3.32. The van der Waals surface area contributed by atoms with E-state index in [-0.39, 0.29) is 0 Å². The van der Waals surface area contributed by atoms with Crippen molar-refractivity contribution in [2.75, 3.05) is 23.3 Å². The van der Waals surface area contributed by atoms with Crippen LogP contribution in [-0.4, -0.2) is 37.2 Å². The molecular weight excluding hydrogens is 326 g/mol. The van der Waals surface area contributed by atoms with Crippen LogP contribution < -0.4 is 10.2 Å². The van der Waals surface area contributed by atoms with Gasteiger partial charge in [0.15, 0.2) is 5.82 Å². The van der Waals surface area contributed by atoms with Gasteiger partial charge in [0, 0.05) is 25.0 Å². The molecule has 0 aliphatic carbocycles. The quantitative estimate of drug-likeness (QED) is 0.615. The minimum atomic E-state index is 0.753. The summed E-state index contributed by atoms with van der Waals surface area (Å²) in [6.45, 7) is 2.02. The molecule has 1 N–H and O–H groups in total. The van der Waals surface area contributed by atoms with Gasteiger partial charge in [-0.1, -0.05) is 18.2 Å². The van der Waals surface area contributed by atoms with Crippen LogP contribution in [-0.2, 0) is 0 Å². The average molecular weight is 345 g/mol. The third kappa shape index (κ3) is 2.67. The standard InChI is InChI=1S/C19H19N7/c1-2-7-15(8-3-1)25-13-17(20-14-25)21-18-16-9-6-12-26(16)23-19(22-18)24-10-4-5-11-24/h1-3,6-9,12-14H,4-5,10-11H2,(H,21,22,23). The Bertz CT molecular complexity index is 1030. The highest BCUT2D eigenvalue weighted by Gasteiger charge is 2.18. The molecule has 1 fully saturated rings. The molecule has 130 valence electrons. The maximum absolute atomic E-state index is 4.77. The van der Waals surface area contributed by atoms with Gasteiger partial charge in [0.1, 0.15) is 17.7 Å². The largest absolute Gasteiger partial charge is 0.340 e. The topological polar surface area (TPSA) is 63.3 Å². The molecule has 0 spiro atoms. The van der Waals surface area contributed by atoms with Crippen molar-refractivity contribution in [3.05, 3.63) is 61.2 Å². The van der Waals surface area contributed by atoms with E-state index in [0.717, 1.165) is 41.9 Å². The Morgan fingerprint density at radius 1 is 0.962 bits per heavy atom. The van der Waals surface area contributed by atoms with E-state index in [2.05, 4.69) is 20.3 Å².